The lowest BCUT2D eigenvalue weighted by atomic mass is 10.0. The van der Waals surface area contributed by atoms with Gasteiger partial charge < -0.3 is 19.9 Å². The predicted molar refractivity (Wildman–Crippen MR) is 56.9 cm³/mol. The van der Waals surface area contributed by atoms with E-state index in [-0.39, 0.29) is 24.5 Å². The van der Waals surface area contributed by atoms with E-state index >= 15 is 0 Å². The topological polar surface area (TPSA) is 67.8 Å². The van der Waals surface area contributed by atoms with Gasteiger partial charge >= 0.3 is 0 Å². The van der Waals surface area contributed by atoms with Crippen LogP contribution in [0.5, 0.6) is 0 Å². The first-order valence-electron chi connectivity index (χ1n) is 5.92. The Morgan fingerprint density at radius 3 is 2.94 bits per heavy atom. The van der Waals surface area contributed by atoms with Crippen molar-refractivity contribution in [2.75, 3.05) is 26.4 Å². The second-order valence-electron chi connectivity index (χ2n) is 4.42. The normalized spacial score (nSPS) is 34.9. The van der Waals surface area contributed by atoms with Gasteiger partial charge in [-0.1, -0.05) is 6.42 Å². The van der Waals surface area contributed by atoms with Gasteiger partial charge in [-0.15, -0.1) is 0 Å². The van der Waals surface area contributed by atoms with Gasteiger partial charge in [0.15, 0.2) is 6.10 Å². The average molecular weight is 229 g/mol. The first-order valence-corrected chi connectivity index (χ1v) is 5.92. The highest BCUT2D eigenvalue weighted by atomic mass is 16.6. The summed E-state index contributed by atoms with van der Waals surface area (Å²) in [4.78, 5) is 11.8. The molecule has 2 rings (SSSR count). The Labute approximate surface area is 95.1 Å². The molecule has 1 saturated heterocycles. The van der Waals surface area contributed by atoms with Crippen molar-refractivity contribution in [2.45, 2.75) is 31.4 Å². The number of nitrogens with one attached hydrogen (secondary N) is 1. The Hall–Kier alpha value is -0.650. The average Bonchev–Trinajstić information content (AvgIpc) is 2.77. The minimum atomic E-state index is -0.478. The Kier molecular flexibility index (Phi) is 4.15. The molecule has 5 nitrogen and oxygen atoms in total. The van der Waals surface area contributed by atoms with Crippen molar-refractivity contribution in [3.8, 4) is 0 Å². The summed E-state index contributed by atoms with van der Waals surface area (Å²) < 4.78 is 10.5. The van der Waals surface area contributed by atoms with E-state index < -0.39 is 6.10 Å². The summed E-state index contributed by atoms with van der Waals surface area (Å²) >= 11 is 0. The van der Waals surface area contributed by atoms with Crippen LogP contribution in [0.2, 0.25) is 0 Å². The number of rotatable bonds is 3. The molecule has 3 atom stereocenters. The van der Waals surface area contributed by atoms with Crippen LogP contribution in [0.1, 0.15) is 19.3 Å². The molecule has 2 N–H and O–H groups in total. The number of carbonyl (C=O) groups excluding carboxylic acids is 1. The lowest BCUT2D eigenvalue weighted by Crippen LogP contribution is -2.48. The molecule has 5 heteroatoms. The van der Waals surface area contributed by atoms with E-state index in [0.29, 0.717) is 19.8 Å². The Balaban J connectivity index is 1.81. The highest BCUT2D eigenvalue weighted by Gasteiger charge is 2.31. The second kappa shape index (κ2) is 5.61. The summed E-state index contributed by atoms with van der Waals surface area (Å²) in [5.41, 5.74) is 0. The van der Waals surface area contributed by atoms with E-state index in [2.05, 4.69) is 5.32 Å². The first kappa shape index (κ1) is 11.8. The number of ether oxygens (including phenoxy) is 2. The summed E-state index contributed by atoms with van der Waals surface area (Å²) in [5.74, 6) is 0.0958. The maximum Gasteiger partial charge on any atom is 0.251 e. The standard InChI is InChI=1S/C11H19NO4/c13-6-8-2-1-3-9(8)12-11(14)10-7-15-4-5-16-10/h8-10,13H,1-7H2,(H,12,14). The molecular formula is C11H19NO4. The fourth-order valence-corrected chi connectivity index (χ4v) is 2.36. The molecule has 2 fully saturated rings. The van der Waals surface area contributed by atoms with Crippen molar-refractivity contribution in [3.05, 3.63) is 0 Å². The Bertz CT molecular complexity index is 240. The van der Waals surface area contributed by atoms with E-state index in [1.54, 1.807) is 0 Å². The molecule has 0 aromatic heterocycles. The molecule has 1 heterocycles. The second-order valence-corrected chi connectivity index (χ2v) is 4.42. The van der Waals surface area contributed by atoms with Crippen molar-refractivity contribution in [2.24, 2.45) is 5.92 Å². The minimum Gasteiger partial charge on any atom is -0.396 e. The van der Waals surface area contributed by atoms with Crippen LogP contribution in [0.3, 0.4) is 0 Å². The summed E-state index contributed by atoms with van der Waals surface area (Å²) in [7, 11) is 0. The third-order valence-electron chi connectivity index (χ3n) is 3.33. The molecule has 1 saturated carbocycles. The number of hydrogen-bond acceptors (Lipinski definition) is 4. The van der Waals surface area contributed by atoms with Gasteiger partial charge in [0, 0.05) is 18.6 Å². The van der Waals surface area contributed by atoms with Crippen LogP contribution in [0.4, 0.5) is 0 Å². The molecule has 1 aliphatic carbocycles. The zero-order valence-corrected chi connectivity index (χ0v) is 9.35. The van der Waals surface area contributed by atoms with Crippen molar-refractivity contribution in [1.82, 2.24) is 5.32 Å². The molecule has 0 bridgehead atoms. The molecule has 92 valence electrons. The lowest BCUT2D eigenvalue weighted by Gasteiger charge is -2.25. The van der Waals surface area contributed by atoms with E-state index in [0.717, 1.165) is 19.3 Å². The fourth-order valence-electron chi connectivity index (χ4n) is 2.36. The van der Waals surface area contributed by atoms with Gasteiger partial charge in [-0.05, 0) is 12.8 Å². The van der Waals surface area contributed by atoms with Gasteiger partial charge in [-0.2, -0.15) is 0 Å². The molecule has 0 aromatic carbocycles. The van der Waals surface area contributed by atoms with Crippen molar-refractivity contribution in [3.63, 3.8) is 0 Å². The molecule has 16 heavy (non-hydrogen) atoms. The van der Waals surface area contributed by atoms with Gasteiger partial charge in [0.2, 0.25) is 0 Å². The van der Waals surface area contributed by atoms with Crippen LogP contribution in [0.15, 0.2) is 0 Å². The maximum absolute atomic E-state index is 11.8. The van der Waals surface area contributed by atoms with Crippen LogP contribution < -0.4 is 5.32 Å². The lowest BCUT2D eigenvalue weighted by molar-refractivity contribution is -0.148. The minimum absolute atomic E-state index is 0.100. The van der Waals surface area contributed by atoms with Crippen molar-refractivity contribution < 1.29 is 19.4 Å². The van der Waals surface area contributed by atoms with Crippen LogP contribution in [-0.4, -0.2) is 49.6 Å². The van der Waals surface area contributed by atoms with Crippen molar-refractivity contribution in [1.29, 1.82) is 0 Å². The van der Waals surface area contributed by atoms with E-state index in [4.69, 9.17) is 14.6 Å². The largest absolute Gasteiger partial charge is 0.396 e. The monoisotopic (exact) mass is 229 g/mol. The zero-order chi connectivity index (χ0) is 11.4. The highest BCUT2D eigenvalue weighted by molar-refractivity contribution is 5.81. The summed E-state index contributed by atoms with van der Waals surface area (Å²) in [6.07, 6.45) is 2.53. The SMILES string of the molecule is O=C(NC1CCCC1CO)C1COCCO1. The molecule has 0 aromatic rings. The number of aliphatic hydroxyl groups is 1. The molecule has 0 radical (unpaired) electrons. The molecule has 0 spiro atoms. The summed E-state index contributed by atoms with van der Waals surface area (Å²) in [6, 6.07) is 0.100. The number of aliphatic hydroxyl groups excluding tert-OH is 1. The summed E-state index contributed by atoms with van der Waals surface area (Å²) in [5, 5.41) is 12.1. The maximum atomic E-state index is 11.8. The number of amides is 1. The molecule has 3 unspecified atom stereocenters. The van der Waals surface area contributed by atoms with Crippen LogP contribution in [0.25, 0.3) is 0 Å². The first-order chi connectivity index (χ1) is 7.81. The van der Waals surface area contributed by atoms with E-state index in [1.165, 1.54) is 0 Å². The predicted octanol–water partition coefficient (Wildman–Crippen LogP) is -0.321. The van der Waals surface area contributed by atoms with Crippen LogP contribution in [0, 0.1) is 5.92 Å². The third-order valence-corrected chi connectivity index (χ3v) is 3.33. The smallest absolute Gasteiger partial charge is 0.251 e. The van der Waals surface area contributed by atoms with Gasteiger partial charge in [0.05, 0.1) is 19.8 Å². The quantitative estimate of drug-likeness (QED) is 0.696. The van der Waals surface area contributed by atoms with Crippen LogP contribution in [-0.2, 0) is 14.3 Å². The van der Waals surface area contributed by atoms with Gasteiger partial charge in [0.25, 0.3) is 5.91 Å². The van der Waals surface area contributed by atoms with Gasteiger partial charge in [0.1, 0.15) is 0 Å². The fraction of sp³-hybridized carbons (Fsp3) is 0.909. The van der Waals surface area contributed by atoms with Crippen molar-refractivity contribution >= 4 is 5.91 Å². The molecule has 2 aliphatic rings. The van der Waals surface area contributed by atoms with E-state index in [1.807, 2.05) is 0 Å². The molecule has 1 aliphatic heterocycles. The number of carbonyl (C=O) groups is 1. The van der Waals surface area contributed by atoms with Gasteiger partial charge in [-0.3, -0.25) is 4.79 Å². The molecular weight excluding hydrogens is 210 g/mol. The van der Waals surface area contributed by atoms with Crippen LogP contribution >= 0.6 is 0 Å². The zero-order valence-electron chi connectivity index (χ0n) is 9.35. The Morgan fingerprint density at radius 2 is 2.25 bits per heavy atom. The van der Waals surface area contributed by atoms with Gasteiger partial charge in [-0.25, -0.2) is 0 Å². The number of hydrogen-bond donors (Lipinski definition) is 2. The highest BCUT2D eigenvalue weighted by Crippen LogP contribution is 2.25. The Morgan fingerprint density at radius 1 is 1.38 bits per heavy atom. The molecule has 1 amide bonds. The summed E-state index contributed by atoms with van der Waals surface area (Å²) in [6.45, 7) is 1.52. The van der Waals surface area contributed by atoms with E-state index in [9.17, 15) is 4.79 Å². The third kappa shape index (κ3) is 2.72.